The first-order valence-corrected chi connectivity index (χ1v) is 8.17. The Morgan fingerprint density at radius 2 is 2.33 bits per heavy atom. The van der Waals surface area contributed by atoms with Crippen molar-refractivity contribution >= 4 is 34.1 Å². The van der Waals surface area contributed by atoms with E-state index in [-0.39, 0.29) is 11.9 Å². The summed E-state index contributed by atoms with van der Waals surface area (Å²) in [6.07, 6.45) is 0. The molecule has 1 atom stereocenters. The molecule has 0 saturated carbocycles. The van der Waals surface area contributed by atoms with Crippen LogP contribution in [0.15, 0.2) is 5.38 Å². The maximum atomic E-state index is 12.2. The van der Waals surface area contributed by atoms with Crippen molar-refractivity contribution in [3.05, 3.63) is 11.1 Å². The highest BCUT2D eigenvalue weighted by Crippen LogP contribution is 2.17. The summed E-state index contributed by atoms with van der Waals surface area (Å²) >= 11 is 3.32. The van der Waals surface area contributed by atoms with Gasteiger partial charge in [-0.05, 0) is 19.6 Å². The average molecular weight is 287 g/mol. The molecule has 0 aliphatic carbocycles. The van der Waals surface area contributed by atoms with Crippen molar-refractivity contribution in [3.63, 3.8) is 0 Å². The number of aromatic nitrogens is 1. The predicted octanol–water partition coefficient (Wildman–Crippen LogP) is 2.79. The van der Waals surface area contributed by atoms with Gasteiger partial charge in [0.2, 0.25) is 0 Å². The van der Waals surface area contributed by atoms with Gasteiger partial charge in [-0.15, -0.1) is 11.3 Å². The Balaban J connectivity index is 2.61. The third-order valence-corrected chi connectivity index (χ3v) is 4.52. The molecule has 0 aliphatic rings. The summed E-state index contributed by atoms with van der Waals surface area (Å²) in [7, 11) is 1.84. The lowest BCUT2D eigenvalue weighted by atomic mass is 10.3. The van der Waals surface area contributed by atoms with E-state index in [0.717, 1.165) is 23.2 Å². The van der Waals surface area contributed by atoms with Gasteiger partial charge >= 0.3 is 0 Å². The van der Waals surface area contributed by atoms with Crippen LogP contribution < -0.4 is 5.32 Å². The first kappa shape index (κ1) is 15.3. The molecule has 1 unspecified atom stereocenters. The van der Waals surface area contributed by atoms with E-state index in [9.17, 15) is 4.79 Å². The number of thioether (sulfide) groups is 1. The molecule has 1 rings (SSSR count). The van der Waals surface area contributed by atoms with Gasteiger partial charge in [-0.25, -0.2) is 4.98 Å². The highest BCUT2D eigenvalue weighted by Gasteiger charge is 2.19. The number of carbonyl (C=O) groups is 1. The number of anilines is 1. The SMILES string of the molecule is CCNc1nc(C(=O)N(C)C(C)CSCC)cs1. The topological polar surface area (TPSA) is 45.2 Å². The van der Waals surface area contributed by atoms with Gasteiger partial charge < -0.3 is 10.2 Å². The molecule has 6 heteroatoms. The molecular weight excluding hydrogens is 266 g/mol. The highest BCUT2D eigenvalue weighted by molar-refractivity contribution is 7.99. The lowest BCUT2D eigenvalue weighted by Crippen LogP contribution is -2.36. The number of rotatable bonds is 7. The molecule has 1 aromatic heterocycles. The molecule has 0 aromatic carbocycles. The number of carbonyl (C=O) groups excluding carboxylic acids is 1. The van der Waals surface area contributed by atoms with Crippen LogP contribution in [0.4, 0.5) is 5.13 Å². The molecule has 4 nitrogen and oxygen atoms in total. The van der Waals surface area contributed by atoms with Crippen molar-refractivity contribution in [2.75, 3.05) is 30.4 Å². The Kier molecular flexibility index (Phi) is 6.49. The number of nitrogens with zero attached hydrogens (tertiary/aromatic N) is 2. The molecule has 18 heavy (non-hydrogen) atoms. The van der Waals surface area contributed by atoms with E-state index in [0.29, 0.717) is 5.69 Å². The Morgan fingerprint density at radius 3 is 2.94 bits per heavy atom. The molecule has 102 valence electrons. The normalized spacial score (nSPS) is 12.2. The van der Waals surface area contributed by atoms with E-state index < -0.39 is 0 Å². The van der Waals surface area contributed by atoms with Crippen molar-refractivity contribution in [2.45, 2.75) is 26.8 Å². The summed E-state index contributed by atoms with van der Waals surface area (Å²) in [5.74, 6) is 2.04. The number of hydrogen-bond acceptors (Lipinski definition) is 5. The fraction of sp³-hybridized carbons (Fsp3) is 0.667. The van der Waals surface area contributed by atoms with E-state index in [1.807, 2.05) is 31.1 Å². The van der Waals surface area contributed by atoms with Gasteiger partial charge in [0.15, 0.2) is 5.13 Å². The Morgan fingerprint density at radius 1 is 1.61 bits per heavy atom. The van der Waals surface area contributed by atoms with Crippen LogP contribution in [0, 0.1) is 0 Å². The second-order valence-corrected chi connectivity index (χ2v) is 6.17. The summed E-state index contributed by atoms with van der Waals surface area (Å²) < 4.78 is 0. The third kappa shape index (κ3) is 4.17. The average Bonchev–Trinajstić information content (AvgIpc) is 2.83. The van der Waals surface area contributed by atoms with Gasteiger partial charge in [0.1, 0.15) is 5.69 Å². The summed E-state index contributed by atoms with van der Waals surface area (Å²) in [5.41, 5.74) is 0.534. The van der Waals surface area contributed by atoms with Crippen LogP contribution in [-0.2, 0) is 0 Å². The standard InChI is InChI=1S/C12H21N3OS2/c1-5-13-12-14-10(8-18-12)11(16)15(4)9(3)7-17-6-2/h8-9H,5-7H2,1-4H3,(H,13,14). The molecule has 0 bridgehead atoms. The van der Waals surface area contributed by atoms with Crippen LogP contribution in [0.25, 0.3) is 0 Å². The lowest BCUT2D eigenvalue weighted by molar-refractivity contribution is 0.0752. The smallest absolute Gasteiger partial charge is 0.273 e. The van der Waals surface area contributed by atoms with Crippen molar-refractivity contribution in [3.8, 4) is 0 Å². The maximum absolute atomic E-state index is 12.2. The first-order chi connectivity index (χ1) is 8.60. The van der Waals surface area contributed by atoms with Crippen molar-refractivity contribution in [1.29, 1.82) is 0 Å². The Bertz CT molecular complexity index is 381. The molecule has 1 heterocycles. The van der Waals surface area contributed by atoms with Gasteiger partial charge in [0.25, 0.3) is 5.91 Å². The maximum Gasteiger partial charge on any atom is 0.273 e. The number of nitrogens with one attached hydrogen (secondary N) is 1. The first-order valence-electron chi connectivity index (χ1n) is 6.14. The van der Waals surface area contributed by atoms with Gasteiger partial charge in [-0.2, -0.15) is 11.8 Å². The lowest BCUT2D eigenvalue weighted by Gasteiger charge is -2.23. The molecule has 0 spiro atoms. The van der Waals surface area contributed by atoms with E-state index in [1.54, 1.807) is 4.90 Å². The zero-order valence-corrected chi connectivity index (χ0v) is 13.0. The molecule has 0 fully saturated rings. The summed E-state index contributed by atoms with van der Waals surface area (Å²) in [6, 6.07) is 0.228. The zero-order valence-electron chi connectivity index (χ0n) is 11.4. The largest absolute Gasteiger partial charge is 0.362 e. The van der Waals surface area contributed by atoms with Crippen LogP contribution >= 0.6 is 23.1 Å². The summed E-state index contributed by atoms with van der Waals surface area (Å²) in [6.45, 7) is 7.03. The molecule has 0 radical (unpaired) electrons. The van der Waals surface area contributed by atoms with E-state index in [4.69, 9.17) is 0 Å². The Labute approximate surface area is 117 Å². The van der Waals surface area contributed by atoms with Crippen LogP contribution in [0.5, 0.6) is 0 Å². The third-order valence-electron chi connectivity index (χ3n) is 2.60. The van der Waals surface area contributed by atoms with Gasteiger partial charge in [-0.3, -0.25) is 4.79 Å². The van der Waals surface area contributed by atoms with Crippen LogP contribution in [0.2, 0.25) is 0 Å². The molecule has 0 saturated heterocycles. The summed E-state index contributed by atoms with van der Waals surface area (Å²) in [5, 5.41) is 5.74. The second-order valence-electron chi connectivity index (χ2n) is 3.99. The van der Waals surface area contributed by atoms with Gasteiger partial charge in [0, 0.05) is 30.8 Å². The minimum atomic E-state index is -0.000365. The van der Waals surface area contributed by atoms with E-state index in [2.05, 4.69) is 24.1 Å². The minimum Gasteiger partial charge on any atom is -0.362 e. The molecule has 1 N–H and O–H groups in total. The van der Waals surface area contributed by atoms with Gasteiger partial charge in [-0.1, -0.05) is 6.92 Å². The number of amides is 1. The van der Waals surface area contributed by atoms with E-state index >= 15 is 0 Å². The second kappa shape index (κ2) is 7.63. The van der Waals surface area contributed by atoms with Crippen LogP contribution in [0.1, 0.15) is 31.3 Å². The fourth-order valence-electron chi connectivity index (χ4n) is 1.39. The Hall–Kier alpha value is -0.750. The van der Waals surface area contributed by atoms with Crippen LogP contribution in [-0.4, -0.2) is 46.9 Å². The van der Waals surface area contributed by atoms with Crippen molar-refractivity contribution < 1.29 is 4.79 Å². The molecule has 1 amide bonds. The molecular formula is C12H21N3OS2. The van der Waals surface area contributed by atoms with Crippen molar-refractivity contribution in [1.82, 2.24) is 9.88 Å². The number of thiazole rings is 1. The molecule has 0 aliphatic heterocycles. The minimum absolute atomic E-state index is 0.000365. The summed E-state index contributed by atoms with van der Waals surface area (Å²) in [4.78, 5) is 18.3. The van der Waals surface area contributed by atoms with Crippen LogP contribution in [0.3, 0.4) is 0 Å². The van der Waals surface area contributed by atoms with E-state index in [1.165, 1.54) is 11.3 Å². The quantitative estimate of drug-likeness (QED) is 0.837. The fourth-order valence-corrected chi connectivity index (χ4v) is 2.94. The van der Waals surface area contributed by atoms with Gasteiger partial charge in [0.05, 0.1) is 0 Å². The van der Waals surface area contributed by atoms with Crippen molar-refractivity contribution in [2.24, 2.45) is 0 Å². The number of hydrogen-bond donors (Lipinski definition) is 1. The predicted molar refractivity (Wildman–Crippen MR) is 80.8 cm³/mol. The monoisotopic (exact) mass is 287 g/mol. The molecule has 1 aromatic rings. The highest BCUT2D eigenvalue weighted by atomic mass is 32.2. The zero-order chi connectivity index (χ0) is 13.5.